The molecule has 0 unspecified atom stereocenters. The fourth-order valence-electron chi connectivity index (χ4n) is 5.01. The Morgan fingerprint density at radius 2 is 1.73 bits per heavy atom. The smallest absolute Gasteiger partial charge is 0.269 e. The van der Waals surface area contributed by atoms with Crippen LogP contribution in [0.1, 0.15) is 11.1 Å². The van der Waals surface area contributed by atoms with Gasteiger partial charge in [0.2, 0.25) is 5.91 Å². The predicted molar refractivity (Wildman–Crippen MR) is 128 cm³/mol. The first-order chi connectivity index (χ1) is 16.1. The molecule has 5 rings (SSSR count). The summed E-state index contributed by atoms with van der Waals surface area (Å²) in [7, 11) is 0. The normalized spacial score (nSPS) is 19.4. The van der Waals surface area contributed by atoms with Crippen LogP contribution in [-0.2, 0) is 17.8 Å². The molecule has 0 saturated carbocycles. The van der Waals surface area contributed by atoms with Crippen molar-refractivity contribution in [3.8, 4) is 0 Å². The number of benzene rings is 3. The molecule has 7 heteroatoms. The lowest BCUT2D eigenvalue weighted by molar-refractivity contribution is -0.384. The summed E-state index contributed by atoms with van der Waals surface area (Å²) >= 11 is 0. The molecule has 2 aliphatic heterocycles. The molecule has 1 amide bonds. The van der Waals surface area contributed by atoms with Crippen LogP contribution in [0.2, 0.25) is 0 Å². The molecule has 1 saturated heterocycles. The highest BCUT2D eigenvalue weighted by atomic mass is 16.6. The van der Waals surface area contributed by atoms with E-state index in [2.05, 4.69) is 27.2 Å². The number of fused-ring (bicyclic) bond motifs is 3. The lowest BCUT2D eigenvalue weighted by Gasteiger charge is -2.49. The number of piperazine rings is 1. The molecule has 7 nitrogen and oxygen atoms in total. The first kappa shape index (κ1) is 21.0. The zero-order chi connectivity index (χ0) is 22.8. The van der Waals surface area contributed by atoms with Gasteiger partial charge in [-0.2, -0.15) is 0 Å². The van der Waals surface area contributed by atoms with Crippen molar-refractivity contribution in [3.05, 3.63) is 100 Å². The van der Waals surface area contributed by atoms with Crippen molar-refractivity contribution in [2.75, 3.05) is 29.4 Å². The van der Waals surface area contributed by atoms with Crippen LogP contribution in [-0.4, -0.2) is 36.5 Å². The van der Waals surface area contributed by atoms with Gasteiger partial charge in [-0.1, -0.05) is 48.5 Å². The number of nitro benzene ring substituents is 1. The number of para-hydroxylation sites is 1. The van der Waals surface area contributed by atoms with E-state index in [1.54, 1.807) is 12.1 Å². The summed E-state index contributed by atoms with van der Waals surface area (Å²) in [6, 6.07) is 25.1. The van der Waals surface area contributed by atoms with Crippen molar-refractivity contribution in [2.24, 2.45) is 5.92 Å². The highest BCUT2D eigenvalue weighted by Crippen LogP contribution is 2.38. The number of carbonyl (C=O) groups is 1. The Morgan fingerprint density at radius 1 is 1.00 bits per heavy atom. The minimum absolute atomic E-state index is 0.0105. The van der Waals surface area contributed by atoms with Gasteiger partial charge in [0.25, 0.3) is 5.69 Å². The predicted octanol–water partition coefficient (Wildman–Crippen LogP) is 3.78. The lowest BCUT2D eigenvalue weighted by atomic mass is 9.83. The van der Waals surface area contributed by atoms with Crippen molar-refractivity contribution < 1.29 is 9.72 Å². The van der Waals surface area contributed by atoms with Gasteiger partial charge in [0.1, 0.15) is 0 Å². The summed E-state index contributed by atoms with van der Waals surface area (Å²) in [5, 5.41) is 14.5. The van der Waals surface area contributed by atoms with Crippen molar-refractivity contribution in [1.82, 2.24) is 5.32 Å². The van der Waals surface area contributed by atoms with Crippen molar-refractivity contribution in [2.45, 2.75) is 19.0 Å². The number of nitrogens with one attached hydrogen (secondary N) is 1. The Hall–Kier alpha value is -3.87. The number of carbonyl (C=O) groups excluding carboxylic acids is 1. The highest BCUT2D eigenvalue weighted by molar-refractivity contribution is 5.82. The fraction of sp³-hybridized carbons (Fsp3) is 0.269. The van der Waals surface area contributed by atoms with Gasteiger partial charge in [-0.3, -0.25) is 14.9 Å². The van der Waals surface area contributed by atoms with E-state index in [1.807, 2.05) is 54.6 Å². The maximum absolute atomic E-state index is 13.4. The quantitative estimate of drug-likeness (QED) is 0.481. The van der Waals surface area contributed by atoms with Crippen molar-refractivity contribution >= 4 is 23.0 Å². The van der Waals surface area contributed by atoms with Gasteiger partial charge in [0, 0.05) is 49.7 Å². The first-order valence-corrected chi connectivity index (χ1v) is 11.3. The van der Waals surface area contributed by atoms with Crippen LogP contribution in [0.3, 0.4) is 0 Å². The van der Waals surface area contributed by atoms with E-state index in [4.69, 9.17) is 0 Å². The van der Waals surface area contributed by atoms with Gasteiger partial charge < -0.3 is 15.1 Å². The Bertz CT molecular complexity index is 1150. The fourth-order valence-corrected chi connectivity index (χ4v) is 5.01. The number of rotatable bonds is 5. The summed E-state index contributed by atoms with van der Waals surface area (Å²) in [6.07, 6.45) is 0.488. The molecule has 168 valence electrons. The summed E-state index contributed by atoms with van der Waals surface area (Å²) in [5.74, 6) is -0.310. The number of nitrogens with zero attached hydrogens (tertiary/aromatic N) is 3. The molecule has 2 atom stereocenters. The third-order valence-corrected chi connectivity index (χ3v) is 6.67. The monoisotopic (exact) mass is 442 g/mol. The Balaban J connectivity index is 1.43. The van der Waals surface area contributed by atoms with E-state index in [0.29, 0.717) is 13.0 Å². The highest BCUT2D eigenvalue weighted by Gasteiger charge is 2.42. The zero-order valence-electron chi connectivity index (χ0n) is 18.3. The van der Waals surface area contributed by atoms with E-state index in [-0.39, 0.29) is 28.5 Å². The second kappa shape index (κ2) is 8.94. The largest absolute Gasteiger partial charge is 0.368 e. The standard InChI is InChI=1S/C26H26N4O3/c31-26(27-17-19-7-3-1-4-8-19)23-16-20-15-22(30(32)33)11-12-24(20)29-14-13-28(18-25(23)29)21-9-5-2-6-10-21/h1-12,15,23,25H,13-14,16-18H2,(H,27,31)/t23-,25-/m0/s1. The maximum atomic E-state index is 13.4. The lowest BCUT2D eigenvalue weighted by Crippen LogP contribution is -2.61. The van der Waals surface area contributed by atoms with E-state index in [1.165, 1.54) is 0 Å². The van der Waals surface area contributed by atoms with E-state index < -0.39 is 0 Å². The Labute approximate surface area is 192 Å². The molecule has 2 aliphatic rings. The Morgan fingerprint density at radius 3 is 2.45 bits per heavy atom. The molecule has 0 spiro atoms. The van der Waals surface area contributed by atoms with Crippen LogP contribution in [0.4, 0.5) is 17.1 Å². The summed E-state index contributed by atoms with van der Waals surface area (Å²) in [5.41, 5.74) is 4.14. The molecular weight excluding hydrogens is 416 g/mol. The second-order valence-corrected chi connectivity index (χ2v) is 8.63. The number of hydrogen-bond acceptors (Lipinski definition) is 5. The Kier molecular flexibility index (Phi) is 5.69. The average molecular weight is 443 g/mol. The number of nitro groups is 1. The van der Waals surface area contributed by atoms with E-state index in [0.717, 1.165) is 42.1 Å². The number of hydrogen-bond donors (Lipinski definition) is 1. The van der Waals surface area contributed by atoms with Crippen LogP contribution in [0.15, 0.2) is 78.9 Å². The van der Waals surface area contributed by atoms with Crippen LogP contribution >= 0.6 is 0 Å². The molecule has 2 heterocycles. The van der Waals surface area contributed by atoms with Crippen molar-refractivity contribution in [3.63, 3.8) is 0 Å². The molecule has 3 aromatic rings. The third-order valence-electron chi connectivity index (χ3n) is 6.67. The van der Waals surface area contributed by atoms with Gasteiger partial charge in [-0.05, 0) is 35.7 Å². The summed E-state index contributed by atoms with van der Waals surface area (Å²) in [6.45, 7) is 2.78. The molecule has 3 aromatic carbocycles. The van der Waals surface area contributed by atoms with E-state index >= 15 is 0 Å². The summed E-state index contributed by atoms with van der Waals surface area (Å²) in [4.78, 5) is 29.0. The first-order valence-electron chi connectivity index (χ1n) is 11.3. The summed E-state index contributed by atoms with van der Waals surface area (Å²) < 4.78 is 0. The molecule has 0 bridgehead atoms. The van der Waals surface area contributed by atoms with Gasteiger partial charge in [-0.15, -0.1) is 0 Å². The number of anilines is 2. The minimum Gasteiger partial charge on any atom is -0.368 e. The van der Waals surface area contributed by atoms with Gasteiger partial charge in [0.05, 0.1) is 16.9 Å². The molecule has 1 N–H and O–H groups in total. The van der Waals surface area contributed by atoms with Crippen LogP contribution in [0.25, 0.3) is 0 Å². The third kappa shape index (κ3) is 4.26. The van der Waals surface area contributed by atoms with E-state index in [9.17, 15) is 14.9 Å². The molecule has 0 radical (unpaired) electrons. The van der Waals surface area contributed by atoms with Crippen LogP contribution in [0.5, 0.6) is 0 Å². The number of amides is 1. The van der Waals surface area contributed by atoms with Gasteiger partial charge in [0.15, 0.2) is 0 Å². The molecule has 1 fully saturated rings. The second-order valence-electron chi connectivity index (χ2n) is 8.63. The van der Waals surface area contributed by atoms with Crippen LogP contribution in [0, 0.1) is 16.0 Å². The molecular formula is C26H26N4O3. The van der Waals surface area contributed by atoms with Gasteiger partial charge in [-0.25, -0.2) is 0 Å². The topological polar surface area (TPSA) is 78.7 Å². The SMILES string of the molecule is O=C(NCc1ccccc1)[C@H]1Cc2cc([N+](=O)[O-])ccc2N2CCN(c3ccccc3)C[C@@H]12. The van der Waals surface area contributed by atoms with Gasteiger partial charge >= 0.3 is 0 Å². The molecule has 33 heavy (non-hydrogen) atoms. The zero-order valence-corrected chi connectivity index (χ0v) is 18.3. The minimum atomic E-state index is -0.371. The molecule has 0 aliphatic carbocycles. The number of non-ortho nitro benzene ring substituents is 1. The van der Waals surface area contributed by atoms with Crippen LogP contribution < -0.4 is 15.1 Å². The molecule has 0 aromatic heterocycles. The maximum Gasteiger partial charge on any atom is 0.269 e. The van der Waals surface area contributed by atoms with Crippen molar-refractivity contribution in [1.29, 1.82) is 0 Å². The average Bonchev–Trinajstić information content (AvgIpc) is 2.87.